The second-order valence-electron chi connectivity index (χ2n) is 7.89. The average molecular weight is 445 g/mol. The molecule has 1 saturated heterocycles. The highest BCUT2D eigenvalue weighted by atomic mass is 19.1. The summed E-state index contributed by atoms with van der Waals surface area (Å²) in [4.78, 5) is 6.21. The normalized spacial score (nSPS) is 21.4. The summed E-state index contributed by atoms with van der Waals surface area (Å²) < 4.78 is 58.5. The first-order chi connectivity index (χ1) is 16.7. The van der Waals surface area contributed by atoms with Crippen molar-refractivity contribution in [2.24, 2.45) is 0 Å². The molecule has 1 fully saturated rings. The lowest BCUT2D eigenvalue weighted by Gasteiger charge is -2.32. The number of hydrogen-bond donors (Lipinski definition) is 1. The van der Waals surface area contributed by atoms with Crippen LogP contribution in [0.2, 0.25) is 0 Å². The lowest BCUT2D eigenvalue weighted by molar-refractivity contribution is 0.149. The molecule has 0 bridgehead atoms. The first kappa shape index (κ1) is 17.2. The van der Waals surface area contributed by atoms with Crippen LogP contribution in [-0.2, 0) is 6.54 Å². The number of anilines is 1. The number of nitrogens with zero attached hydrogens (tertiary/aromatic N) is 7. The number of ether oxygens (including phenoxy) is 1. The molecule has 1 aliphatic heterocycles. The number of hydrogen-bond acceptors (Lipinski definition) is 7. The van der Waals surface area contributed by atoms with Gasteiger partial charge in [0.25, 0.3) is 0 Å². The maximum absolute atomic E-state index is 14.6. The van der Waals surface area contributed by atoms with Crippen LogP contribution in [0.15, 0.2) is 30.5 Å². The Labute approximate surface area is 187 Å². The Balaban J connectivity index is 1.57. The van der Waals surface area contributed by atoms with Gasteiger partial charge in [0.15, 0.2) is 0 Å². The van der Waals surface area contributed by atoms with Gasteiger partial charge in [-0.1, -0.05) is 11.3 Å². The highest BCUT2D eigenvalue weighted by molar-refractivity contribution is 5.89. The highest BCUT2D eigenvalue weighted by Gasteiger charge is 2.28. The molecule has 0 aliphatic carbocycles. The van der Waals surface area contributed by atoms with Crippen LogP contribution < -0.4 is 10.1 Å². The zero-order valence-electron chi connectivity index (χ0n) is 20.4. The summed E-state index contributed by atoms with van der Waals surface area (Å²) in [6.45, 7) is 0.467. The van der Waals surface area contributed by atoms with E-state index < -0.39 is 25.9 Å². The number of aryl methyl sites for hydroxylation is 1. The molecule has 9 nitrogen and oxygen atoms in total. The van der Waals surface area contributed by atoms with E-state index in [1.165, 1.54) is 9.20 Å². The third-order valence-corrected chi connectivity index (χ3v) is 5.76. The molecule has 1 aromatic carbocycles. The molecule has 168 valence electrons. The second kappa shape index (κ2) is 8.30. The van der Waals surface area contributed by atoms with E-state index in [1.54, 1.807) is 30.5 Å². The predicted molar refractivity (Wildman–Crippen MR) is 116 cm³/mol. The van der Waals surface area contributed by atoms with Crippen LogP contribution in [0, 0.1) is 0 Å². The van der Waals surface area contributed by atoms with Gasteiger partial charge < -0.3 is 15.0 Å². The fraction of sp³-hybridized carbons (Fsp3) is 0.429. The summed E-state index contributed by atoms with van der Waals surface area (Å²) in [5.74, 6) is -0.0990. The van der Waals surface area contributed by atoms with Gasteiger partial charge in [-0.2, -0.15) is 4.98 Å². The largest absolute Gasteiger partial charge is 0.479 e. The number of piperidine rings is 1. The maximum atomic E-state index is 14.6. The van der Waals surface area contributed by atoms with Gasteiger partial charge in [0.2, 0.25) is 11.8 Å². The predicted octanol–water partition coefficient (Wildman–Crippen LogP) is 2.57. The van der Waals surface area contributed by atoms with Crippen molar-refractivity contribution in [3.63, 3.8) is 0 Å². The minimum atomic E-state index is -2.77. The van der Waals surface area contributed by atoms with Gasteiger partial charge in [-0.15, -0.1) is 10.2 Å². The molecule has 32 heavy (non-hydrogen) atoms. The summed E-state index contributed by atoms with van der Waals surface area (Å²) in [5, 5.41) is 15.4. The van der Waals surface area contributed by atoms with E-state index in [9.17, 15) is 8.78 Å². The van der Waals surface area contributed by atoms with Gasteiger partial charge in [-0.05, 0) is 37.2 Å². The van der Waals surface area contributed by atoms with Crippen LogP contribution in [0.25, 0.3) is 27.7 Å². The number of methoxy groups -OCH3 is 1. The molecule has 3 aromatic heterocycles. The quantitative estimate of drug-likeness (QED) is 0.488. The molecule has 0 spiro atoms. The number of aromatic nitrogens is 6. The van der Waals surface area contributed by atoms with E-state index in [0.717, 1.165) is 0 Å². The van der Waals surface area contributed by atoms with E-state index >= 15 is 0 Å². The molecule has 1 N–H and O–H groups in total. The Morgan fingerprint density at radius 1 is 1.34 bits per heavy atom. The summed E-state index contributed by atoms with van der Waals surface area (Å²) in [6, 6.07) is 6.57. The van der Waals surface area contributed by atoms with Gasteiger partial charge >= 0.3 is 0 Å². The number of likely N-dealkylation sites (tertiary alicyclic amines) is 1. The van der Waals surface area contributed by atoms with Gasteiger partial charge in [-0.3, -0.25) is 0 Å². The topological polar surface area (TPSA) is 85.4 Å². The van der Waals surface area contributed by atoms with Crippen molar-refractivity contribution in [2.75, 3.05) is 39.2 Å². The molecule has 1 aliphatic rings. The van der Waals surface area contributed by atoms with Gasteiger partial charge in [-0.25, -0.2) is 18.0 Å². The monoisotopic (exact) mass is 445 g/mol. The zero-order chi connectivity index (χ0) is 24.7. The molecule has 4 aromatic rings. The maximum Gasteiger partial charge on any atom is 0.244 e. The average Bonchev–Trinajstić information content (AvgIpc) is 3.39. The number of rotatable bonds is 6. The highest BCUT2D eigenvalue weighted by Crippen LogP contribution is 2.33. The molecule has 0 amide bonds. The Morgan fingerprint density at radius 3 is 3.06 bits per heavy atom. The fourth-order valence-corrected chi connectivity index (χ4v) is 4.12. The van der Waals surface area contributed by atoms with Crippen LogP contribution in [0.5, 0.6) is 5.88 Å². The number of fused-ring (bicyclic) bond motifs is 2. The zero-order valence-corrected chi connectivity index (χ0v) is 17.4. The van der Waals surface area contributed by atoms with Crippen LogP contribution in [0.4, 0.5) is 14.7 Å². The number of halogens is 2. The van der Waals surface area contributed by atoms with Crippen LogP contribution in [-0.4, -0.2) is 80.6 Å². The molecule has 2 atom stereocenters. The first-order valence-electron chi connectivity index (χ1n) is 11.8. The van der Waals surface area contributed by atoms with Crippen LogP contribution in [0.1, 0.15) is 10.5 Å². The molecule has 5 rings (SSSR count). The van der Waals surface area contributed by atoms with Crippen molar-refractivity contribution < 1.29 is 17.6 Å². The van der Waals surface area contributed by atoms with Crippen molar-refractivity contribution >= 4 is 22.5 Å². The van der Waals surface area contributed by atoms with Gasteiger partial charge in [0, 0.05) is 24.8 Å². The lowest BCUT2D eigenvalue weighted by atomic mass is 10.0. The van der Waals surface area contributed by atoms with E-state index in [1.807, 2.05) is 11.9 Å². The fourth-order valence-electron chi connectivity index (χ4n) is 4.12. The summed E-state index contributed by atoms with van der Waals surface area (Å²) in [5.41, 5.74) is 2.87. The Morgan fingerprint density at radius 2 is 2.25 bits per heavy atom. The molecule has 0 saturated carbocycles. The number of nitrogens with one attached hydrogen (secondary N) is 1. The molecule has 11 heteroatoms. The van der Waals surface area contributed by atoms with Crippen molar-refractivity contribution in [3.05, 3.63) is 30.5 Å². The first-order valence-corrected chi connectivity index (χ1v) is 10.3. The van der Waals surface area contributed by atoms with E-state index in [4.69, 9.17) is 8.85 Å². The van der Waals surface area contributed by atoms with Gasteiger partial charge in [0.1, 0.15) is 23.9 Å². The smallest absolute Gasteiger partial charge is 0.244 e. The molecular weight excluding hydrogens is 418 g/mol. The molecular formula is C21H24F2N8O. The molecule has 0 unspecified atom stereocenters. The lowest BCUT2D eigenvalue weighted by Crippen LogP contribution is -2.46. The number of benzene rings is 1. The van der Waals surface area contributed by atoms with Crippen molar-refractivity contribution in [3.8, 4) is 17.0 Å². The Hall–Kier alpha value is -3.34. The van der Waals surface area contributed by atoms with Crippen molar-refractivity contribution in [1.82, 2.24) is 34.5 Å². The summed E-state index contributed by atoms with van der Waals surface area (Å²) in [7, 11) is -0.912. The Kier molecular flexibility index (Phi) is 4.47. The summed E-state index contributed by atoms with van der Waals surface area (Å²) in [6.07, 6.45) is 1.06. The van der Waals surface area contributed by atoms with E-state index in [2.05, 4.69) is 25.7 Å². The second-order valence-corrected chi connectivity index (χ2v) is 7.89. The van der Waals surface area contributed by atoms with E-state index in [0.29, 0.717) is 40.6 Å². The van der Waals surface area contributed by atoms with E-state index in [-0.39, 0.29) is 24.9 Å². The number of alkyl halides is 2. The van der Waals surface area contributed by atoms with Crippen molar-refractivity contribution in [1.29, 1.82) is 0 Å². The molecule has 0 radical (unpaired) electrons. The SMILES string of the molecule is [2H]C([2H])([2H])Oc1nc(N[C@@H]2CCN(C)C[C@@H]2F)nn2ccc(-c3ccc4nnn(CCF)c4c3)c12. The van der Waals surface area contributed by atoms with Gasteiger partial charge in [0.05, 0.1) is 29.3 Å². The minimum absolute atomic E-state index is 0.0640. The third kappa shape index (κ3) is 3.62. The van der Waals surface area contributed by atoms with Crippen LogP contribution in [0.3, 0.4) is 0 Å². The van der Waals surface area contributed by atoms with Crippen LogP contribution >= 0.6 is 0 Å². The van der Waals surface area contributed by atoms with Crippen molar-refractivity contribution in [2.45, 2.75) is 25.2 Å². The molecule has 4 heterocycles. The third-order valence-electron chi connectivity index (χ3n) is 5.76. The summed E-state index contributed by atoms with van der Waals surface area (Å²) >= 11 is 0. The Bertz CT molecular complexity index is 1360. The minimum Gasteiger partial charge on any atom is -0.479 e. The standard InChI is InChI=1S/C21H24F2N8O/c1-29-8-6-16(15(23)12-29)24-21-25-20(32-2)19-14(5-9-31(19)27-21)13-3-4-17-18(11-13)30(10-7-22)28-26-17/h3-5,9,11,15-16H,6-8,10,12H2,1-2H3,(H,24,27)/t15-,16+/m0/s1/i2D3.